The Morgan fingerprint density at radius 2 is 1.86 bits per heavy atom. The molecular weight excluding hydrogens is 290 g/mol. The van der Waals surface area contributed by atoms with Gasteiger partial charge in [0.05, 0.1) is 11.5 Å². The maximum absolute atomic E-state index is 11.3. The molecule has 6 heteroatoms. The normalized spacial score (nSPS) is 11.7. The Hall–Kier alpha value is -1.88. The molecule has 0 saturated carbocycles. The van der Waals surface area contributed by atoms with Gasteiger partial charge in [-0.3, -0.25) is 10.1 Å². The van der Waals surface area contributed by atoms with Crippen LogP contribution < -0.4 is 0 Å². The minimum atomic E-state index is -0.457. The lowest BCUT2D eigenvalue weighted by Gasteiger charge is -2.13. The molecule has 0 radical (unpaired) electrons. The van der Waals surface area contributed by atoms with Crippen LogP contribution in [0, 0.1) is 17.0 Å². The van der Waals surface area contributed by atoms with Crippen LogP contribution in [-0.4, -0.2) is 14.7 Å². The number of benzene rings is 1. The predicted octanol–water partition coefficient (Wildman–Crippen LogP) is 4.10. The maximum atomic E-state index is 11.3. The third-order valence-electron chi connectivity index (χ3n) is 3.21. The van der Waals surface area contributed by atoms with Crippen molar-refractivity contribution in [1.29, 1.82) is 0 Å². The lowest BCUT2D eigenvalue weighted by atomic mass is 9.91. The molecule has 0 atom stereocenters. The van der Waals surface area contributed by atoms with Crippen molar-refractivity contribution in [2.45, 2.75) is 39.7 Å². The number of hydrogen-bond donors (Lipinski definition) is 0. The first kappa shape index (κ1) is 15.5. The monoisotopic (exact) mass is 307 g/mol. The number of aryl methyl sites for hydroxylation is 1. The molecule has 0 unspecified atom stereocenters. The number of rotatable bonds is 3. The van der Waals surface area contributed by atoms with Crippen molar-refractivity contribution in [1.82, 2.24) is 9.78 Å². The molecule has 2 rings (SSSR count). The largest absolute Gasteiger partial charge is 0.329 e. The van der Waals surface area contributed by atoms with Crippen molar-refractivity contribution in [3.8, 4) is 0 Å². The standard InChI is InChI=1S/C15H18ClN3O2/c1-10-5-7-11(8-6-10)9-18-14(16)12(19(20)21)13(17-18)15(2,3)4/h5-8H,9H2,1-4H3. The van der Waals surface area contributed by atoms with Crippen molar-refractivity contribution in [3.63, 3.8) is 0 Å². The van der Waals surface area contributed by atoms with Gasteiger partial charge in [0.25, 0.3) is 0 Å². The molecule has 0 aliphatic carbocycles. The minimum Gasteiger partial charge on any atom is -0.258 e. The van der Waals surface area contributed by atoms with Crippen LogP contribution in [0.3, 0.4) is 0 Å². The fourth-order valence-corrected chi connectivity index (χ4v) is 2.33. The molecule has 112 valence electrons. The summed E-state index contributed by atoms with van der Waals surface area (Å²) in [6, 6.07) is 7.92. The summed E-state index contributed by atoms with van der Waals surface area (Å²) >= 11 is 6.17. The number of nitrogens with zero attached hydrogens (tertiary/aromatic N) is 3. The summed E-state index contributed by atoms with van der Waals surface area (Å²) in [4.78, 5) is 10.8. The average Bonchev–Trinajstić information content (AvgIpc) is 2.70. The van der Waals surface area contributed by atoms with E-state index in [-0.39, 0.29) is 10.8 Å². The van der Waals surface area contributed by atoms with Gasteiger partial charge in [-0.25, -0.2) is 4.68 Å². The van der Waals surface area contributed by atoms with Crippen molar-refractivity contribution < 1.29 is 4.92 Å². The van der Waals surface area contributed by atoms with Crippen molar-refractivity contribution >= 4 is 17.3 Å². The van der Waals surface area contributed by atoms with Gasteiger partial charge >= 0.3 is 5.69 Å². The molecule has 0 fully saturated rings. The Balaban J connectivity index is 2.45. The molecule has 0 saturated heterocycles. The number of aromatic nitrogens is 2. The molecule has 0 N–H and O–H groups in total. The van der Waals surface area contributed by atoms with Gasteiger partial charge in [-0.05, 0) is 12.5 Å². The molecule has 1 aromatic carbocycles. The fraction of sp³-hybridized carbons (Fsp3) is 0.400. The Morgan fingerprint density at radius 3 is 2.29 bits per heavy atom. The topological polar surface area (TPSA) is 61.0 Å². The van der Waals surface area contributed by atoms with Crippen LogP contribution >= 0.6 is 11.6 Å². The van der Waals surface area contributed by atoms with Crippen LogP contribution in [0.5, 0.6) is 0 Å². The second kappa shape index (κ2) is 5.48. The van der Waals surface area contributed by atoms with E-state index in [9.17, 15) is 10.1 Å². The summed E-state index contributed by atoms with van der Waals surface area (Å²) < 4.78 is 1.49. The van der Waals surface area contributed by atoms with Gasteiger partial charge in [0.1, 0.15) is 5.69 Å². The molecule has 1 aromatic heterocycles. The zero-order valence-corrected chi connectivity index (χ0v) is 13.3. The highest BCUT2D eigenvalue weighted by atomic mass is 35.5. The first-order valence-corrected chi connectivity index (χ1v) is 7.04. The van der Waals surface area contributed by atoms with E-state index in [0.29, 0.717) is 12.2 Å². The van der Waals surface area contributed by atoms with Gasteiger partial charge in [0, 0.05) is 5.41 Å². The van der Waals surface area contributed by atoms with Gasteiger partial charge in [-0.15, -0.1) is 0 Å². The van der Waals surface area contributed by atoms with Crippen LogP contribution in [0.15, 0.2) is 24.3 Å². The zero-order valence-electron chi connectivity index (χ0n) is 12.6. The lowest BCUT2D eigenvalue weighted by molar-refractivity contribution is -0.385. The molecule has 5 nitrogen and oxygen atoms in total. The summed E-state index contributed by atoms with van der Waals surface area (Å²) in [7, 11) is 0. The van der Waals surface area contributed by atoms with Gasteiger partial charge in [-0.1, -0.05) is 62.2 Å². The van der Waals surface area contributed by atoms with E-state index < -0.39 is 10.3 Å². The predicted molar refractivity (Wildman–Crippen MR) is 82.9 cm³/mol. The average molecular weight is 308 g/mol. The highest BCUT2D eigenvalue weighted by molar-refractivity contribution is 6.31. The third kappa shape index (κ3) is 3.24. The van der Waals surface area contributed by atoms with Crippen LogP contribution in [0.25, 0.3) is 0 Å². The van der Waals surface area contributed by atoms with Gasteiger partial charge in [0.2, 0.25) is 5.15 Å². The zero-order chi connectivity index (χ0) is 15.8. The highest BCUT2D eigenvalue weighted by Crippen LogP contribution is 2.36. The minimum absolute atomic E-state index is 0.0745. The number of halogens is 1. The molecule has 0 amide bonds. The van der Waals surface area contributed by atoms with Crippen molar-refractivity contribution in [2.75, 3.05) is 0 Å². The van der Waals surface area contributed by atoms with Crippen molar-refractivity contribution in [2.24, 2.45) is 0 Å². The summed E-state index contributed by atoms with van der Waals surface area (Å²) in [5.74, 6) is 0. The summed E-state index contributed by atoms with van der Waals surface area (Å²) in [6.07, 6.45) is 0. The van der Waals surface area contributed by atoms with E-state index in [2.05, 4.69) is 5.10 Å². The molecule has 1 heterocycles. The molecule has 21 heavy (non-hydrogen) atoms. The van der Waals surface area contributed by atoms with Crippen LogP contribution in [0.2, 0.25) is 5.15 Å². The molecule has 0 spiro atoms. The molecule has 0 aliphatic heterocycles. The molecule has 0 bridgehead atoms. The Kier molecular flexibility index (Phi) is 4.05. The van der Waals surface area contributed by atoms with E-state index in [1.807, 2.05) is 52.0 Å². The molecule has 0 aliphatic rings. The molecular formula is C15H18ClN3O2. The number of hydrogen-bond acceptors (Lipinski definition) is 3. The Labute approximate surface area is 128 Å². The third-order valence-corrected chi connectivity index (χ3v) is 3.59. The van der Waals surface area contributed by atoms with E-state index >= 15 is 0 Å². The van der Waals surface area contributed by atoms with Crippen molar-refractivity contribution in [3.05, 3.63) is 56.4 Å². The maximum Gasteiger partial charge on any atom is 0.329 e. The van der Waals surface area contributed by atoms with E-state index in [1.54, 1.807) is 0 Å². The Bertz CT molecular complexity index is 669. The summed E-state index contributed by atoms with van der Waals surface area (Å²) in [5, 5.41) is 15.7. The lowest BCUT2D eigenvalue weighted by Crippen LogP contribution is -2.14. The van der Waals surface area contributed by atoms with Gasteiger partial charge < -0.3 is 0 Å². The second-order valence-electron chi connectivity index (χ2n) is 6.14. The first-order chi connectivity index (χ1) is 9.70. The Morgan fingerprint density at radius 1 is 1.29 bits per heavy atom. The first-order valence-electron chi connectivity index (χ1n) is 6.67. The SMILES string of the molecule is Cc1ccc(Cn2nc(C(C)(C)C)c([N+](=O)[O-])c2Cl)cc1. The van der Waals surface area contributed by atoms with Gasteiger partial charge in [0.15, 0.2) is 0 Å². The molecule has 2 aromatic rings. The van der Waals surface area contributed by atoms with E-state index in [0.717, 1.165) is 11.1 Å². The summed E-state index contributed by atoms with van der Waals surface area (Å²) in [5.41, 5.74) is 2.03. The fourth-order valence-electron chi connectivity index (χ4n) is 2.07. The van der Waals surface area contributed by atoms with Crippen LogP contribution in [0.1, 0.15) is 37.6 Å². The smallest absolute Gasteiger partial charge is 0.258 e. The van der Waals surface area contributed by atoms with Gasteiger partial charge in [-0.2, -0.15) is 5.10 Å². The quantitative estimate of drug-likeness (QED) is 0.633. The van der Waals surface area contributed by atoms with E-state index in [1.165, 1.54) is 4.68 Å². The number of nitro groups is 1. The van der Waals surface area contributed by atoms with E-state index in [4.69, 9.17) is 11.6 Å². The summed E-state index contributed by atoms with van der Waals surface area (Å²) in [6.45, 7) is 8.07. The highest BCUT2D eigenvalue weighted by Gasteiger charge is 2.33. The second-order valence-corrected chi connectivity index (χ2v) is 6.50. The van der Waals surface area contributed by atoms with Crippen LogP contribution in [0.4, 0.5) is 5.69 Å². The van der Waals surface area contributed by atoms with Crippen LogP contribution in [-0.2, 0) is 12.0 Å².